The Labute approximate surface area is 88.9 Å². The number of benzene rings is 1. The van der Waals surface area contributed by atoms with E-state index in [0.717, 1.165) is 18.8 Å². The first-order valence-electron chi connectivity index (χ1n) is 4.92. The summed E-state index contributed by atoms with van der Waals surface area (Å²) < 4.78 is 10.3. The first-order valence-corrected chi connectivity index (χ1v) is 4.92. The van der Waals surface area contributed by atoms with Gasteiger partial charge in [-0.1, -0.05) is 12.1 Å². The second kappa shape index (κ2) is 4.68. The molecule has 1 aromatic carbocycles. The predicted octanol–water partition coefficient (Wildman–Crippen LogP) is 1.17. The van der Waals surface area contributed by atoms with Crippen molar-refractivity contribution >= 4 is 6.02 Å². The number of methoxy groups -OCH3 is 1. The molecule has 0 amide bonds. The zero-order valence-electron chi connectivity index (χ0n) is 8.69. The minimum Gasteiger partial charge on any atom is -0.497 e. The molecule has 2 rings (SSSR count). The Bertz CT molecular complexity index is 346. The van der Waals surface area contributed by atoms with E-state index in [4.69, 9.17) is 9.47 Å². The van der Waals surface area contributed by atoms with Crippen LogP contribution in [0.4, 0.5) is 0 Å². The van der Waals surface area contributed by atoms with Crippen molar-refractivity contribution in [3.63, 3.8) is 0 Å². The number of hydrogen-bond acceptors (Lipinski definition) is 4. The van der Waals surface area contributed by atoms with Gasteiger partial charge < -0.3 is 14.8 Å². The van der Waals surface area contributed by atoms with Crippen LogP contribution >= 0.6 is 0 Å². The molecule has 0 aromatic heterocycles. The molecule has 0 radical (unpaired) electrons. The first kappa shape index (κ1) is 9.83. The Hall–Kier alpha value is -1.71. The highest BCUT2D eigenvalue weighted by Crippen LogP contribution is 2.10. The van der Waals surface area contributed by atoms with Gasteiger partial charge in [0, 0.05) is 6.54 Å². The van der Waals surface area contributed by atoms with Gasteiger partial charge in [0.1, 0.15) is 12.4 Å². The van der Waals surface area contributed by atoms with Gasteiger partial charge >= 0.3 is 0 Å². The summed E-state index contributed by atoms with van der Waals surface area (Å²) in [4.78, 5) is 4.14. The van der Waals surface area contributed by atoms with Crippen LogP contribution in [0.3, 0.4) is 0 Å². The molecule has 0 bridgehead atoms. The molecule has 0 saturated carbocycles. The number of nitrogens with one attached hydrogen (secondary N) is 1. The average molecular weight is 206 g/mol. The van der Waals surface area contributed by atoms with Crippen molar-refractivity contribution < 1.29 is 9.47 Å². The van der Waals surface area contributed by atoms with Crippen LogP contribution in [0.1, 0.15) is 5.56 Å². The molecule has 0 fully saturated rings. The monoisotopic (exact) mass is 206 g/mol. The second-order valence-electron chi connectivity index (χ2n) is 3.24. The average Bonchev–Trinajstić information content (AvgIpc) is 2.80. The Morgan fingerprint density at radius 3 is 2.80 bits per heavy atom. The van der Waals surface area contributed by atoms with E-state index in [0.29, 0.717) is 12.6 Å². The second-order valence-corrected chi connectivity index (χ2v) is 3.24. The van der Waals surface area contributed by atoms with Crippen molar-refractivity contribution in [2.45, 2.75) is 6.54 Å². The fourth-order valence-electron chi connectivity index (χ4n) is 1.36. The van der Waals surface area contributed by atoms with Crippen molar-refractivity contribution in [2.75, 3.05) is 20.3 Å². The van der Waals surface area contributed by atoms with Gasteiger partial charge in [-0.25, -0.2) is 4.99 Å². The zero-order chi connectivity index (χ0) is 10.5. The quantitative estimate of drug-likeness (QED) is 0.807. The lowest BCUT2D eigenvalue weighted by Gasteiger charge is -2.06. The molecule has 1 N–H and O–H groups in total. The lowest BCUT2D eigenvalue weighted by molar-refractivity contribution is 0.331. The summed E-state index contributed by atoms with van der Waals surface area (Å²) in [5.41, 5.74) is 1.18. The van der Waals surface area contributed by atoms with Gasteiger partial charge in [-0.05, 0) is 17.7 Å². The zero-order valence-corrected chi connectivity index (χ0v) is 8.69. The molecule has 1 aliphatic heterocycles. The molecular weight excluding hydrogens is 192 g/mol. The van der Waals surface area contributed by atoms with Crippen LogP contribution in [-0.2, 0) is 11.3 Å². The molecule has 0 saturated heterocycles. The van der Waals surface area contributed by atoms with E-state index in [9.17, 15) is 0 Å². The molecular formula is C11H14N2O2. The summed E-state index contributed by atoms with van der Waals surface area (Å²) in [5, 5.41) is 3.12. The lowest BCUT2D eigenvalue weighted by Crippen LogP contribution is -2.22. The number of aliphatic imine (C=N–C) groups is 1. The lowest BCUT2D eigenvalue weighted by atomic mass is 10.2. The number of ether oxygens (including phenoxy) is 2. The van der Waals surface area contributed by atoms with E-state index in [1.165, 1.54) is 5.56 Å². The minimum absolute atomic E-state index is 0.644. The van der Waals surface area contributed by atoms with Gasteiger partial charge in [0.2, 0.25) is 0 Å². The maximum Gasteiger partial charge on any atom is 0.285 e. The number of amidine groups is 1. The molecule has 0 spiro atoms. The highest BCUT2D eigenvalue weighted by Gasteiger charge is 2.05. The Morgan fingerprint density at radius 2 is 2.20 bits per heavy atom. The normalized spacial score (nSPS) is 14.3. The number of rotatable bonds is 3. The first-order chi connectivity index (χ1) is 7.38. The number of nitrogens with zero attached hydrogens (tertiary/aromatic N) is 1. The SMILES string of the molecule is COc1ccc(CNC2=NCCO2)cc1. The van der Waals surface area contributed by atoms with E-state index in [-0.39, 0.29) is 0 Å². The van der Waals surface area contributed by atoms with Crippen LogP contribution in [0.5, 0.6) is 5.75 Å². The van der Waals surface area contributed by atoms with Crippen molar-refractivity contribution in [3.05, 3.63) is 29.8 Å². The van der Waals surface area contributed by atoms with Crippen LogP contribution in [0.2, 0.25) is 0 Å². The third-order valence-corrected chi connectivity index (χ3v) is 2.19. The Kier molecular flexibility index (Phi) is 3.07. The molecule has 0 atom stereocenters. The largest absolute Gasteiger partial charge is 0.497 e. The summed E-state index contributed by atoms with van der Waals surface area (Å²) in [6, 6.07) is 8.55. The van der Waals surface area contributed by atoms with Gasteiger partial charge in [-0.2, -0.15) is 0 Å². The van der Waals surface area contributed by atoms with E-state index in [1.54, 1.807) is 7.11 Å². The maximum absolute atomic E-state index is 5.23. The van der Waals surface area contributed by atoms with Crippen LogP contribution in [0.25, 0.3) is 0 Å². The van der Waals surface area contributed by atoms with Crippen LogP contribution in [0.15, 0.2) is 29.3 Å². The van der Waals surface area contributed by atoms with Crippen LogP contribution < -0.4 is 10.1 Å². The maximum atomic E-state index is 5.23. The fourth-order valence-corrected chi connectivity index (χ4v) is 1.36. The van der Waals surface area contributed by atoms with E-state index >= 15 is 0 Å². The number of hydrogen-bond donors (Lipinski definition) is 1. The van der Waals surface area contributed by atoms with Gasteiger partial charge in [0.05, 0.1) is 13.7 Å². The highest BCUT2D eigenvalue weighted by atomic mass is 16.5. The third kappa shape index (κ3) is 2.62. The van der Waals surface area contributed by atoms with E-state index < -0.39 is 0 Å². The Balaban J connectivity index is 1.87. The molecule has 1 heterocycles. The summed E-state index contributed by atoms with van der Waals surface area (Å²) in [6.45, 7) is 2.17. The standard InChI is InChI=1S/C11H14N2O2/c1-14-10-4-2-9(3-5-10)8-13-11-12-6-7-15-11/h2-5H,6-8H2,1H3,(H,12,13). The molecule has 80 valence electrons. The van der Waals surface area contributed by atoms with Crippen molar-refractivity contribution in [1.82, 2.24) is 5.32 Å². The summed E-state index contributed by atoms with van der Waals surface area (Å²) in [7, 11) is 1.66. The van der Waals surface area contributed by atoms with Gasteiger partial charge in [-0.15, -0.1) is 0 Å². The van der Waals surface area contributed by atoms with Gasteiger partial charge in [0.25, 0.3) is 6.02 Å². The summed E-state index contributed by atoms with van der Waals surface area (Å²) in [6.07, 6.45) is 0. The minimum atomic E-state index is 0.644. The summed E-state index contributed by atoms with van der Waals surface area (Å²) >= 11 is 0. The van der Waals surface area contributed by atoms with Gasteiger partial charge in [-0.3, -0.25) is 0 Å². The van der Waals surface area contributed by atoms with E-state index in [1.807, 2.05) is 24.3 Å². The third-order valence-electron chi connectivity index (χ3n) is 2.19. The van der Waals surface area contributed by atoms with Crippen molar-refractivity contribution in [3.8, 4) is 5.75 Å². The van der Waals surface area contributed by atoms with Gasteiger partial charge in [0.15, 0.2) is 0 Å². The molecule has 4 heteroatoms. The smallest absolute Gasteiger partial charge is 0.285 e. The fraction of sp³-hybridized carbons (Fsp3) is 0.364. The molecule has 0 aliphatic carbocycles. The highest BCUT2D eigenvalue weighted by molar-refractivity contribution is 5.74. The molecule has 1 aromatic rings. The summed E-state index contributed by atoms with van der Waals surface area (Å²) in [5.74, 6) is 0.869. The van der Waals surface area contributed by atoms with E-state index in [2.05, 4.69) is 10.3 Å². The van der Waals surface area contributed by atoms with Crippen LogP contribution in [0, 0.1) is 0 Å². The predicted molar refractivity (Wildman–Crippen MR) is 58.1 cm³/mol. The molecule has 4 nitrogen and oxygen atoms in total. The van der Waals surface area contributed by atoms with Crippen molar-refractivity contribution in [1.29, 1.82) is 0 Å². The van der Waals surface area contributed by atoms with Crippen LogP contribution in [-0.4, -0.2) is 26.3 Å². The Morgan fingerprint density at radius 1 is 1.40 bits per heavy atom. The molecule has 0 unspecified atom stereocenters. The molecule has 15 heavy (non-hydrogen) atoms. The topological polar surface area (TPSA) is 42.8 Å². The van der Waals surface area contributed by atoms with Crippen molar-refractivity contribution in [2.24, 2.45) is 4.99 Å². The molecule has 1 aliphatic rings.